The molecular weight excluding hydrogens is 308 g/mol. The Kier molecular flexibility index (Phi) is 3.14. The third kappa shape index (κ3) is 2.06. The Morgan fingerprint density at radius 3 is 2.72 bits per heavy atom. The van der Waals surface area contributed by atoms with Gasteiger partial charge >= 0.3 is 0 Å². The molecule has 0 saturated heterocycles. The summed E-state index contributed by atoms with van der Waals surface area (Å²) in [5.41, 5.74) is 2.19. The van der Waals surface area contributed by atoms with Gasteiger partial charge in [-0.15, -0.1) is 0 Å². The minimum Gasteiger partial charge on any atom is -0.268 e. The molecule has 2 aromatic heterocycles. The predicted octanol–water partition coefficient (Wildman–Crippen LogP) is 4.66. The fourth-order valence-electron chi connectivity index (χ4n) is 1.87. The van der Waals surface area contributed by atoms with E-state index < -0.39 is 0 Å². The van der Waals surface area contributed by atoms with E-state index in [0.717, 1.165) is 15.5 Å². The summed E-state index contributed by atoms with van der Waals surface area (Å²) >= 11 is 5.26. The Morgan fingerprint density at radius 1 is 1.17 bits per heavy atom. The molecule has 0 atom stereocenters. The van der Waals surface area contributed by atoms with Crippen LogP contribution in [0.3, 0.4) is 0 Å². The van der Waals surface area contributed by atoms with Gasteiger partial charge in [-0.25, -0.2) is 4.98 Å². The average molecular weight is 319 g/mol. The monoisotopic (exact) mass is 318 g/mol. The summed E-state index contributed by atoms with van der Waals surface area (Å²) in [6.45, 7) is 2.10. The first kappa shape index (κ1) is 11.8. The maximum absolute atomic E-state index is 4.47. The number of aromatic nitrogens is 2. The molecule has 90 valence electrons. The topological polar surface area (TPSA) is 17.8 Å². The summed E-state index contributed by atoms with van der Waals surface area (Å²) in [6.07, 6.45) is 1.83. The summed E-state index contributed by atoms with van der Waals surface area (Å²) in [6, 6.07) is 14.5. The lowest BCUT2D eigenvalue weighted by Crippen LogP contribution is -1.91. The van der Waals surface area contributed by atoms with Gasteiger partial charge in [0.2, 0.25) is 0 Å². The van der Waals surface area contributed by atoms with Crippen molar-refractivity contribution >= 4 is 38.9 Å². The van der Waals surface area contributed by atoms with Crippen molar-refractivity contribution in [2.75, 3.05) is 0 Å². The molecule has 0 N–H and O–H groups in total. The second-order valence-corrected chi connectivity index (χ2v) is 5.89. The largest absolute Gasteiger partial charge is 0.268 e. The second-order valence-electron chi connectivity index (χ2n) is 4.01. The lowest BCUT2D eigenvalue weighted by Gasteiger charge is -2.06. The van der Waals surface area contributed by atoms with E-state index in [1.54, 1.807) is 11.9 Å². The van der Waals surface area contributed by atoms with Gasteiger partial charge in [-0.05, 0) is 59.1 Å². The normalized spacial score (nSPS) is 11.0. The number of pyridine rings is 1. The van der Waals surface area contributed by atoms with Crippen molar-refractivity contribution in [3.63, 3.8) is 0 Å². The molecule has 0 fully saturated rings. The Balaban J connectivity index is 2.12. The zero-order chi connectivity index (χ0) is 12.5. The van der Waals surface area contributed by atoms with Gasteiger partial charge in [-0.2, -0.15) is 0 Å². The third-order valence-electron chi connectivity index (χ3n) is 2.72. The fraction of sp³-hybridized carbons (Fsp3) is 0.0714. The van der Waals surface area contributed by atoms with Crippen LogP contribution in [0.4, 0.5) is 0 Å². The summed E-state index contributed by atoms with van der Waals surface area (Å²) in [7, 11) is 0. The SMILES string of the molecule is Cc1cc2c(Br)ccnc2n1Sc1ccccc1. The summed E-state index contributed by atoms with van der Waals surface area (Å²) in [4.78, 5) is 5.68. The maximum atomic E-state index is 4.47. The van der Waals surface area contributed by atoms with Crippen LogP contribution >= 0.6 is 27.9 Å². The van der Waals surface area contributed by atoms with E-state index >= 15 is 0 Å². The predicted molar refractivity (Wildman–Crippen MR) is 79.9 cm³/mol. The van der Waals surface area contributed by atoms with Gasteiger partial charge in [0.05, 0.1) is 0 Å². The van der Waals surface area contributed by atoms with Crippen molar-refractivity contribution in [3.8, 4) is 0 Å². The quantitative estimate of drug-likeness (QED) is 0.683. The lowest BCUT2D eigenvalue weighted by atomic mass is 10.3. The van der Waals surface area contributed by atoms with E-state index in [2.05, 4.69) is 50.0 Å². The van der Waals surface area contributed by atoms with Crippen LogP contribution in [0.5, 0.6) is 0 Å². The molecule has 0 amide bonds. The highest BCUT2D eigenvalue weighted by molar-refractivity contribution is 9.10. The van der Waals surface area contributed by atoms with Gasteiger partial charge in [0.25, 0.3) is 0 Å². The number of benzene rings is 1. The number of aryl methyl sites for hydroxylation is 1. The van der Waals surface area contributed by atoms with Gasteiger partial charge in [-0.1, -0.05) is 18.2 Å². The van der Waals surface area contributed by atoms with Crippen LogP contribution in [-0.2, 0) is 0 Å². The molecule has 18 heavy (non-hydrogen) atoms. The van der Waals surface area contributed by atoms with Gasteiger partial charge in [0.15, 0.2) is 5.65 Å². The highest BCUT2D eigenvalue weighted by Gasteiger charge is 2.10. The summed E-state index contributed by atoms with van der Waals surface area (Å²) in [5, 5.41) is 1.15. The van der Waals surface area contributed by atoms with Crippen LogP contribution in [0.15, 0.2) is 58.0 Å². The van der Waals surface area contributed by atoms with Crippen LogP contribution in [-0.4, -0.2) is 8.96 Å². The molecule has 3 rings (SSSR count). The highest BCUT2D eigenvalue weighted by Crippen LogP contribution is 2.31. The number of fused-ring (bicyclic) bond motifs is 1. The Bertz CT molecular complexity index is 692. The number of hydrogen-bond acceptors (Lipinski definition) is 2. The Hall–Kier alpha value is -1.26. The van der Waals surface area contributed by atoms with Crippen LogP contribution in [0, 0.1) is 6.92 Å². The lowest BCUT2D eigenvalue weighted by molar-refractivity contribution is 1.17. The van der Waals surface area contributed by atoms with Crippen molar-refractivity contribution in [1.29, 1.82) is 0 Å². The van der Waals surface area contributed by atoms with Crippen LogP contribution in [0.2, 0.25) is 0 Å². The molecule has 0 unspecified atom stereocenters. The molecule has 0 bridgehead atoms. The molecule has 3 aromatic rings. The zero-order valence-corrected chi connectivity index (χ0v) is 12.2. The van der Waals surface area contributed by atoms with E-state index in [9.17, 15) is 0 Å². The number of hydrogen-bond donors (Lipinski definition) is 0. The van der Waals surface area contributed by atoms with Crippen molar-refractivity contribution in [2.24, 2.45) is 0 Å². The second kappa shape index (κ2) is 4.78. The van der Waals surface area contributed by atoms with Crippen molar-refractivity contribution in [2.45, 2.75) is 11.8 Å². The van der Waals surface area contributed by atoms with E-state index in [1.165, 1.54) is 10.6 Å². The fourth-order valence-corrected chi connectivity index (χ4v) is 3.20. The molecule has 0 aliphatic rings. The zero-order valence-electron chi connectivity index (χ0n) is 9.80. The highest BCUT2D eigenvalue weighted by atomic mass is 79.9. The molecule has 0 radical (unpaired) electrons. The van der Waals surface area contributed by atoms with Crippen LogP contribution in [0.1, 0.15) is 5.69 Å². The number of halogens is 1. The molecule has 4 heteroatoms. The van der Waals surface area contributed by atoms with E-state index in [0.29, 0.717) is 0 Å². The number of nitrogens with zero attached hydrogens (tertiary/aromatic N) is 2. The van der Waals surface area contributed by atoms with Gasteiger partial charge in [0, 0.05) is 26.6 Å². The van der Waals surface area contributed by atoms with Crippen molar-refractivity contribution in [1.82, 2.24) is 8.96 Å². The first-order valence-electron chi connectivity index (χ1n) is 5.61. The maximum Gasteiger partial charge on any atom is 0.151 e. The van der Waals surface area contributed by atoms with Gasteiger partial charge in [-0.3, -0.25) is 3.97 Å². The molecule has 0 aliphatic carbocycles. The Labute approximate surface area is 118 Å². The third-order valence-corrected chi connectivity index (χ3v) is 4.54. The standard InChI is InChI=1S/C14H11BrN2S/c1-10-9-12-13(15)7-8-16-14(12)17(10)18-11-5-3-2-4-6-11/h2-9H,1H3. The molecular formula is C14H11BrN2S. The molecule has 0 spiro atoms. The molecule has 0 aliphatic heterocycles. The Morgan fingerprint density at radius 2 is 1.94 bits per heavy atom. The van der Waals surface area contributed by atoms with E-state index in [4.69, 9.17) is 0 Å². The van der Waals surface area contributed by atoms with E-state index in [1.807, 2.05) is 30.5 Å². The first-order chi connectivity index (χ1) is 8.75. The van der Waals surface area contributed by atoms with Crippen LogP contribution < -0.4 is 0 Å². The molecule has 2 heterocycles. The van der Waals surface area contributed by atoms with Gasteiger partial charge in [0.1, 0.15) is 0 Å². The molecule has 0 saturated carbocycles. The minimum absolute atomic E-state index is 0.996. The number of rotatable bonds is 2. The molecule has 1 aromatic carbocycles. The van der Waals surface area contributed by atoms with Crippen molar-refractivity contribution < 1.29 is 0 Å². The average Bonchev–Trinajstić information content (AvgIpc) is 2.70. The van der Waals surface area contributed by atoms with Crippen LogP contribution in [0.25, 0.3) is 11.0 Å². The van der Waals surface area contributed by atoms with Crippen molar-refractivity contribution in [3.05, 3.63) is 58.8 Å². The first-order valence-corrected chi connectivity index (χ1v) is 7.18. The van der Waals surface area contributed by atoms with E-state index in [-0.39, 0.29) is 0 Å². The molecule has 2 nitrogen and oxygen atoms in total. The summed E-state index contributed by atoms with van der Waals surface area (Å²) in [5.74, 6) is 0. The smallest absolute Gasteiger partial charge is 0.151 e. The summed E-state index contributed by atoms with van der Waals surface area (Å²) < 4.78 is 3.25. The minimum atomic E-state index is 0.996. The van der Waals surface area contributed by atoms with Gasteiger partial charge < -0.3 is 0 Å².